The third kappa shape index (κ3) is 4.85. The Kier molecular flexibility index (Phi) is 5.10. The van der Waals surface area contributed by atoms with Crippen molar-refractivity contribution < 1.29 is 27.4 Å². The molecule has 1 aromatic carbocycles. The first-order valence-corrected chi connectivity index (χ1v) is 6.79. The van der Waals surface area contributed by atoms with Gasteiger partial charge in [-0.25, -0.2) is 4.98 Å². The molecule has 0 spiro atoms. The summed E-state index contributed by atoms with van der Waals surface area (Å²) in [5.74, 6) is -2.99. The van der Waals surface area contributed by atoms with Crippen molar-refractivity contribution in [2.24, 2.45) is 0 Å². The first-order valence-electron chi connectivity index (χ1n) is 6.41. The molecule has 0 saturated carbocycles. The molecule has 0 aliphatic heterocycles. The molecule has 23 heavy (non-hydrogen) atoms. The van der Waals surface area contributed by atoms with E-state index in [4.69, 9.17) is 21.1 Å². The van der Waals surface area contributed by atoms with E-state index in [1.54, 1.807) is 12.1 Å². The number of aromatic nitrogens is 1. The highest BCUT2D eigenvalue weighted by Gasteiger charge is 2.52. The van der Waals surface area contributed by atoms with E-state index in [9.17, 15) is 18.0 Å². The lowest BCUT2D eigenvalue weighted by Gasteiger charge is -2.31. The van der Waals surface area contributed by atoms with Gasteiger partial charge in [0.05, 0.1) is 0 Å². The van der Waals surface area contributed by atoms with Crippen LogP contribution in [0.5, 0.6) is 11.6 Å². The molecule has 0 aliphatic rings. The Balaban J connectivity index is 2.40. The molecule has 1 atom stereocenters. The van der Waals surface area contributed by atoms with E-state index in [2.05, 4.69) is 4.98 Å². The van der Waals surface area contributed by atoms with E-state index in [0.717, 1.165) is 0 Å². The molecule has 122 valence electrons. The topological polar surface area (TPSA) is 48.4 Å². The van der Waals surface area contributed by atoms with Gasteiger partial charge in [-0.3, -0.25) is 4.79 Å². The average Bonchev–Trinajstić information content (AvgIpc) is 2.47. The predicted octanol–water partition coefficient (Wildman–Crippen LogP) is 3.95. The summed E-state index contributed by atoms with van der Waals surface area (Å²) in [5, 5.41) is -1.44. The molecule has 0 radical (unpaired) electrons. The van der Waals surface area contributed by atoms with Gasteiger partial charge in [0.25, 0.3) is 0 Å². The fourth-order valence-corrected chi connectivity index (χ4v) is 1.91. The molecule has 1 unspecified atom stereocenters. The minimum absolute atomic E-state index is 0.00156. The van der Waals surface area contributed by atoms with Crippen LogP contribution in [0.4, 0.5) is 13.2 Å². The van der Waals surface area contributed by atoms with E-state index >= 15 is 0 Å². The Morgan fingerprint density at radius 2 is 1.70 bits per heavy atom. The number of alkyl halides is 3. The van der Waals surface area contributed by atoms with Gasteiger partial charge in [-0.2, -0.15) is 13.2 Å². The quantitative estimate of drug-likeness (QED) is 0.587. The third-order valence-electron chi connectivity index (χ3n) is 2.67. The van der Waals surface area contributed by atoms with Crippen molar-refractivity contribution in [2.45, 2.75) is 18.4 Å². The van der Waals surface area contributed by atoms with Gasteiger partial charge in [0.1, 0.15) is 12.2 Å². The Bertz CT molecular complexity index is 609. The zero-order valence-electron chi connectivity index (χ0n) is 11.6. The average molecular weight is 346 g/mol. The maximum absolute atomic E-state index is 12.9. The van der Waals surface area contributed by atoms with Gasteiger partial charge >= 0.3 is 17.2 Å². The number of carbonyl (C=O) groups excluding carboxylic acids is 1. The van der Waals surface area contributed by atoms with Gasteiger partial charge < -0.3 is 9.47 Å². The standard InChI is InChI=1S/C15H11ClF3NO3/c16-13(21)14(10-15(17,18)19,22-11-6-2-1-3-7-11)23-12-8-4-5-9-20-12/h1-9H,10H2. The number of para-hydroxylation sites is 1. The maximum Gasteiger partial charge on any atom is 0.397 e. The minimum atomic E-state index is -4.76. The molecule has 0 bridgehead atoms. The Morgan fingerprint density at radius 1 is 1.04 bits per heavy atom. The van der Waals surface area contributed by atoms with Crippen LogP contribution in [0.25, 0.3) is 0 Å². The first kappa shape index (κ1) is 17.1. The van der Waals surface area contributed by atoms with E-state index in [0.29, 0.717) is 0 Å². The number of nitrogens with zero attached hydrogens (tertiary/aromatic N) is 1. The second kappa shape index (κ2) is 6.87. The SMILES string of the molecule is O=C(Cl)C(CC(F)(F)F)(Oc1ccccc1)Oc1ccccn1. The van der Waals surface area contributed by atoms with Gasteiger partial charge in [0.15, 0.2) is 0 Å². The fourth-order valence-electron chi connectivity index (χ4n) is 1.76. The van der Waals surface area contributed by atoms with Crippen LogP contribution in [0.1, 0.15) is 6.42 Å². The number of benzene rings is 1. The highest BCUT2D eigenvalue weighted by Crippen LogP contribution is 2.34. The molecule has 0 amide bonds. The smallest absolute Gasteiger partial charge is 0.397 e. The number of hydrogen-bond acceptors (Lipinski definition) is 4. The molecule has 0 aliphatic carbocycles. The molecule has 2 rings (SSSR count). The Hall–Kier alpha value is -2.28. The van der Waals surface area contributed by atoms with Crippen LogP contribution >= 0.6 is 11.6 Å². The van der Waals surface area contributed by atoms with E-state index in [1.807, 2.05) is 0 Å². The van der Waals surface area contributed by atoms with Crippen molar-refractivity contribution in [3.8, 4) is 11.6 Å². The van der Waals surface area contributed by atoms with Gasteiger partial charge in [-0.05, 0) is 29.8 Å². The van der Waals surface area contributed by atoms with Crippen LogP contribution in [-0.4, -0.2) is 22.2 Å². The lowest BCUT2D eigenvalue weighted by molar-refractivity contribution is -0.215. The Labute approximate surface area is 134 Å². The summed E-state index contributed by atoms with van der Waals surface area (Å²) in [6, 6.07) is 11.8. The lowest BCUT2D eigenvalue weighted by Crippen LogP contribution is -2.51. The number of carbonyl (C=O) groups is 1. The van der Waals surface area contributed by atoms with Gasteiger partial charge in [0.2, 0.25) is 5.88 Å². The molecule has 0 N–H and O–H groups in total. The van der Waals surface area contributed by atoms with Crippen molar-refractivity contribution in [2.75, 3.05) is 0 Å². The number of hydrogen-bond donors (Lipinski definition) is 0. The van der Waals surface area contributed by atoms with Crippen molar-refractivity contribution >= 4 is 16.8 Å². The summed E-state index contributed by atoms with van der Waals surface area (Å²) < 4.78 is 49.1. The zero-order valence-corrected chi connectivity index (χ0v) is 12.3. The number of ether oxygens (including phenoxy) is 2. The van der Waals surface area contributed by atoms with Crippen molar-refractivity contribution in [1.82, 2.24) is 4.98 Å². The van der Waals surface area contributed by atoms with Crippen molar-refractivity contribution in [3.05, 3.63) is 54.7 Å². The number of pyridine rings is 1. The van der Waals surface area contributed by atoms with Gasteiger partial charge in [0, 0.05) is 12.3 Å². The molecule has 2 aromatic rings. The first-order chi connectivity index (χ1) is 10.8. The minimum Gasteiger partial charge on any atom is -0.444 e. The summed E-state index contributed by atoms with van der Waals surface area (Å²) >= 11 is 5.39. The second-order valence-electron chi connectivity index (χ2n) is 4.50. The molecule has 1 heterocycles. The Morgan fingerprint density at radius 3 is 2.22 bits per heavy atom. The van der Waals surface area contributed by atoms with Crippen LogP contribution < -0.4 is 9.47 Å². The number of halogens is 4. The molecule has 4 nitrogen and oxygen atoms in total. The molecule has 0 fully saturated rings. The van der Waals surface area contributed by atoms with Crippen molar-refractivity contribution in [1.29, 1.82) is 0 Å². The van der Waals surface area contributed by atoms with Crippen LogP contribution in [-0.2, 0) is 4.79 Å². The number of rotatable bonds is 6. The van der Waals surface area contributed by atoms with Gasteiger partial charge in [-0.1, -0.05) is 24.3 Å². The molecular weight excluding hydrogens is 335 g/mol. The maximum atomic E-state index is 12.9. The monoisotopic (exact) mass is 345 g/mol. The van der Waals surface area contributed by atoms with Crippen LogP contribution in [0.15, 0.2) is 54.7 Å². The highest BCUT2D eigenvalue weighted by atomic mass is 35.5. The second-order valence-corrected chi connectivity index (χ2v) is 4.85. The van der Waals surface area contributed by atoms with Crippen molar-refractivity contribution in [3.63, 3.8) is 0 Å². The largest absolute Gasteiger partial charge is 0.444 e. The van der Waals surface area contributed by atoms with E-state index < -0.39 is 23.6 Å². The van der Waals surface area contributed by atoms with Crippen LogP contribution in [0.3, 0.4) is 0 Å². The molecule has 1 aromatic heterocycles. The van der Waals surface area contributed by atoms with Gasteiger partial charge in [-0.15, -0.1) is 0 Å². The fraction of sp³-hybridized carbons (Fsp3) is 0.200. The third-order valence-corrected chi connectivity index (χ3v) is 2.95. The normalized spacial score (nSPS) is 13.9. The summed E-state index contributed by atoms with van der Waals surface area (Å²) in [6.45, 7) is 0. The van der Waals surface area contributed by atoms with E-state index in [1.165, 1.54) is 42.6 Å². The summed E-state index contributed by atoms with van der Waals surface area (Å²) in [6.07, 6.45) is -5.18. The lowest BCUT2D eigenvalue weighted by atomic mass is 10.2. The molecule has 0 saturated heterocycles. The summed E-state index contributed by atoms with van der Waals surface area (Å²) in [7, 11) is 0. The molecular formula is C15H11ClF3NO3. The summed E-state index contributed by atoms with van der Waals surface area (Å²) in [4.78, 5) is 15.5. The van der Waals surface area contributed by atoms with Crippen LogP contribution in [0, 0.1) is 0 Å². The highest BCUT2D eigenvalue weighted by molar-refractivity contribution is 6.65. The van der Waals surface area contributed by atoms with Crippen LogP contribution in [0.2, 0.25) is 0 Å². The predicted molar refractivity (Wildman–Crippen MR) is 76.2 cm³/mol. The van der Waals surface area contributed by atoms with E-state index in [-0.39, 0.29) is 11.6 Å². The summed E-state index contributed by atoms with van der Waals surface area (Å²) in [5.41, 5.74) is 0. The molecule has 8 heteroatoms. The zero-order chi connectivity index (χ0) is 16.9.